The molecule has 2 aliphatic rings. The van der Waals surface area contributed by atoms with Crippen molar-refractivity contribution < 1.29 is 38.4 Å². The van der Waals surface area contributed by atoms with Crippen molar-refractivity contribution in [1.29, 1.82) is 0 Å². The van der Waals surface area contributed by atoms with Crippen LogP contribution in [0.25, 0.3) is 6.08 Å². The summed E-state index contributed by atoms with van der Waals surface area (Å²) in [6.45, 7) is 7.98. The number of aliphatic hydroxyl groups excluding tert-OH is 2. The molecule has 0 amide bonds. The largest absolute Gasteiger partial charge is 0.496 e. The fourth-order valence-corrected chi connectivity index (χ4v) is 4.70. The predicted molar refractivity (Wildman–Crippen MR) is 123 cm³/mol. The molecule has 2 fully saturated rings. The minimum atomic E-state index is -1.26. The van der Waals surface area contributed by atoms with Crippen molar-refractivity contribution in [1.82, 2.24) is 0 Å². The Hall–Kier alpha value is -2.72. The molecule has 34 heavy (non-hydrogen) atoms. The van der Waals surface area contributed by atoms with Crippen LogP contribution in [0.3, 0.4) is 0 Å². The predicted octanol–water partition coefficient (Wildman–Crippen LogP) is 2.07. The van der Waals surface area contributed by atoms with E-state index in [1.807, 2.05) is 0 Å². The van der Waals surface area contributed by atoms with E-state index in [9.17, 15) is 19.8 Å². The molecule has 0 radical (unpaired) electrons. The van der Waals surface area contributed by atoms with Gasteiger partial charge in [-0.05, 0) is 33.8 Å². The van der Waals surface area contributed by atoms with E-state index in [2.05, 4.69) is 0 Å². The van der Waals surface area contributed by atoms with Gasteiger partial charge in [-0.25, -0.2) is 4.79 Å². The first-order chi connectivity index (χ1) is 15.9. The van der Waals surface area contributed by atoms with Crippen LogP contribution in [0, 0.1) is 6.92 Å². The molecule has 7 atom stereocenters. The smallest absolute Gasteiger partial charge is 0.339 e. The molecule has 2 bridgehead atoms. The van der Waals surface area contributed by atoms with Gasteiger partial charge in [0.1, 0.15) is 41.0 Å². The highest BCUT2D eigenvalue weighted by atomic mass is 16.7. The summed E-state index contributed by atoms with van der Waals surface area (Å²) in [5, 5.41) is 21.2. The summed E-state index contributed by atoms with van der Waals surface area (Å²) < 4.78 is 28.0. The van der Waals surface area contributed by atoms with Gasteiger partial charge in [0.25, 0.3) is 0 Å². The molecule has 0 saturated carbocycles. The van der Waals surface area contributed by atoms with Crippen LogP contribution in [0.4, 0.5) is 0 Å². The van der Waals surface area contributed by atoms with E-state index in [-0.39, 0.29) is 0 Å². The number of aliphatic hydroxyl groups is 2. The van der Waals surface area contributed by atoms with Gasteiger partial charge in [0.2, 0.25) is 0 Å². The van der Waals surface area contributed by atoms with Crippen LogP contribution in [-0.4, -0.2) is 65.0 Å². The lowest BCUT2D eigenvalue weighted by Crippen LogP contribution is -2.66. The second-order valence-corrected chi connectivity index (χ2v) is 8.92. The third kappa shape index (κ3) is 4.74. The number of hydrogen-bond acceptors (Lipinski definition) is 9. The van der Waals surface area contributed by atoms with Gasteiger partial charge < -0.3 is 33.6 Å². The van der Waals surface area contributed by atoms with Crippen molar-refractivity contribution in [2.24, 2.45) is 0 Å². The minimum Gasteiger partial charge on any atom is -0.496 e. The van der Waals surface area contributed by atoms with Gasteiger partial charge in [-0.2, -0.15) is 0 Å². The van der Waals surface area contributed by atoms with Crippen molar-refractivity contribution >= 4 is 12.0 Å². The zero-order chi connectivity index (χ0) is 25.3. The van der Waals surface area contributed by atoms with Crippen LogP contribution in [0.5, 0.6) is 5.75 Å². The molecule has 1 aromatic heterocycles. The zero-order valence-corrected chi connectivity index (χ0v) is 20.2. The van der Waals surface area contributed by atoms with Crippen molar-refractivity contribution in [2.75, 3.05) is 7.11 Å². The van der Waals surface area contributed by atoms with Crippen molar-refractivity contribution in [2.45, 2.75) is 76.3 Å². The first-order valence-corrected chi connectivity index (χ1v) is 11.0. The van der Waals surface area contributed by atoms with Gasteiger partial charge in [-0.3, -0.25) is 4.79 Å². The number of carbonyl (C=O) groups is 1. The first kappa shape index (κ1) is 25.9. The number of fused-ring (bicyclic) bond motifs is 2. The van der Waals surface area contributed by atoms with Gasteiger partial charge in [-0.1, -0.05) is 30.4 Å². The summed E-state index contributed by atoms with van der Waals surface area (Å²) >= 11 is 0. The van der Waals surface area contributed by atoms with Gasteiger partial charge in [0, 0.05) is 12.5 Å². The lowest BCUT2D eigenvalue weighted by atomic mass is 9.77. The van der Waals surface area contributed by atoms with Gasteiger partial charge >= 0.3 is 11.6 Å². The number of allylic oxidation sites excluding steroid dienone is 4. The molecule has 2 N–H and O–H groups in total. The summed E-state index contributed by atoms with van der Waals surface area (Å²) in [5.41, 5.74) is -2.22. The lowest BCUT2D eigenvalue weighted by molar-refractivity contribution is -0.236. The number of methoxy groups -OCH3 is 1. The fraction of sp³-hybridized carbons (Fsp3) is 0.520. The lowest BCUT2D eigenvalue weighted by Gasteiger charge is -2.47. The van der Waals surface area contributed by atoms with E-state index in [0.29, 0.717) is 17.1 Å². The molecule has 1 aromatic rings. The number of carbonyl (C=O) groups excluding carboxylic acids is 1. The molecule has 3 rings (SSSR count). The summed E-state index contributed by atoms with van der Waals surface area (Å²) in [5.74, 6) is 0.308. The average molecular weight is 477 g/mol. The van der Waals surface area contributed by atoms with Crippen molar-refractivity contribution in [3.8, 4) is 5.75 Å². The maximum atomic E-state index is 11.7. The molecule has 9 heteroatoms. The first-order valence-electron chi connectivity index (χ1n) is 11.0. The molecule has 0 aliphatic carbocycles. The van der Waals surface area contributed by atoms with Gasteiger partial charge in [0.15, 0.2) is 6.10 Å². The highest BCUT2D eigenvalue weighted by Gasteiger charge is 2.71. The quantitative estimate of drug-likeness (QED) is 0.449. The van der Waals surface area contributed by atoms with E-state index in [1.54, 1.807) is 64.2 Å². The van der Waals surface area contributed by atoms with Crippen LogP contribution in [0.15, 0.2) is 45.7 Å². The number of ether oxygens (including phenoxy) is 4. The van der Waals surface area contributed by atoms with Crippen LogP contribution >= 0.6 is 0 Å². The summed E-state index contributed by atoms with van der Waals surface area (Å²) in [7, 11) is 1.48. The Kier molecular flexibility index (Phi) is 7.52. The van der Waals surface area contributed by atoms with Crippen molar-refractivity contribution in [3.05, 3.63) is 58.2 Å². The SMILES string of the molecule is COc1cc(=O)oc(/C=C/C=C/C=C/C2O[C@]3(C)C(OC(C)=O)[C@@](C)(O[C@@H]3[C@@H](C)O)[C@H]2O)c1C. The summed E-state index contributed by atoms with van der Waals surface area (Å²) in [6, 6.07) is 1.28. The molecule has 9 nitrogen and oxygen atoms in total. The summed E-state index contributed by atoms with van der Waals surface area (Å²) in [6.07, 6.45) is 5.63. The fourth-order valence-electron chi connectivity index (χ4n) is 4.70. The Bertz CT molecular complexity index is 1050. The van der Waals surface area contributed by atoms with Crippen LogP contribution < -0.4 is 10.4 Å². The number of hydrogen-bond donors (Lipinski definition) is 2. The highest BCUT2D eigenvalue weighted by Crippen LogP contribution is 2.51. The molecule has 2 saturated heterocycles. The van der Waals surface area contributed by atoms with Gasteiger partial charge in [0.05, 0.1) is 19.3 Å². The Morgan fingerprint density at radius 1 is 1.18 bits per heavy atom. The Morgan fingerprint density at radius 2 is 1.85 bits per heavy atom. The topological polar surface area (TPSA) is 125 Å². The zero-order valence-electron chi connectivity index (χ0n) is 20.2. The molecular weight excluding hydrogens is 444 g/mol. The second kappa shape index (κ2) is 9.87. The monoisotopic (exact) mass is 476 g/mol. The molecule has 0 aromatic carbocycles. The Labute approximate surface area is 198 Å². The maximum Gasteiger partial charge on any atom is 0.339 e. The van der Waals surface area contributed by atoms with Crippen LogP contribution in [0.1, 0.15) is 39.0 Å². The molecule has 2 unspecified atom stereocenters. The van der Waals surface area contributed by atoms with E-state index in [4.69, 9.17) is 23.4 Å². The number of rotatable bonds is 7. The number of esters is 1. The van der Waals surface area contributed by atoms with E-state index >= 15 is 0 Å². The van der Waals surface area contributed by atoms with E-state index in [0.717, 1.165) is 0 Å². The second-order valence-electron chi connectivity index (χ2n) is 8.92. The molecular formula is C25H32O9. The summed E-state index contributed by atoms with van der Waals surface area (Å²) in [4.78, 5) is 23.3. The molecule has 0 spiro atoms. The average Bonchev–Trinajstić information content (AvgIpc) is 2.93. The standard InChI is InChI=1S/C25H32O9/c1-14-17(32-20(28)13-19(14)30-6)11-9-7-8-10-12-18-21(29)24(4)23(31-16(3)27)25(5,33-18)22(34-24)15(2)26/h7-13,15,18,21-23,26,29H,1-6H3/b8-7+,11-9+,12-10+/t15-,18?,21+,22-,23?,24+,25+/m1/s1. The Morgan fingerprint density at radius 3 is 2.47 bits per heavy atom. The van der Waals surface area contributed by atoms with Crippen molar-refractivity contribution in [3.63, 3.8) is 0 Å². The maximum absolute atomic E-state index is 11.7. The van der Waals surface area contributed by atoms with Crippen LogP contribution in [-0.2, 0) is 19.0 Å². The normalized spacial score (nSPS) is 34.2. The molecule has 3 heterocycles. The molecule has 186 valence electrons. The Balaban J connectivity index is 1.76. The highest BCUT2D eigenvalue weighted by molar-refractivity contribution is 5.66. The van der Waals surface area contributed by atoms with Crippen LogP contribution in [0.2, 0.25) is 0 Å². The van der Waals surface area contributed by atoms with Gasteiger partial charge in [-0.15, -0.1) is 0 Å². The van der Waals surface area contributed by atoms with E-state index in [1.165, 1.54) is 20.1 Å². The minimum absolute atomic E-state index is 0.388. The van der Waals surface area contributed by atoms with E-state index < -0.39 is 53.3 Å². The molecule has 2 aliphatic heterocycles. The third-order valence-electron chi connectivity index (χ3n) is 6.30. The third-order valence-corrected chi connectivity index (χ3v) is 6.30.